The van der Waals surface area contributed by atoms with Gasteiger partial charge >= 0.3 is 6.02 Å². The second-order valence-electron chi connectivity index (χ2n) is 2.05. The molecular weight excluding hydrogens is 144 g/mol. The van der Waals surface area contributed by atoms with Crippen LogP contribution < -0.4 is 0 Å². The summed E-state index contributed by atoms with van der Waals surface area (Å²) in [6, 6.07) is 0.383. The molecular formula is C6H10N4O. The number of likely N-dealkylation sites (N-methyl/N-ethyl adjacent to an activating group) is 1. The number of hydrogen-bond donors (Lipinski definition) is 1. The van der Waals surface area contributed by atoms with Gasteiger partial charge in [0.15, 0.2) is 0 Å². The molecule has 0 atom stereocenters. The molecule has 0 saturated carbocycles. The monoisotopic (exact) mass is 154 g/mol. The Kier molecular flexibility index (Phi) is 2.20. The van der Waals surface area contributed by atoms with Crippen LogP contribution >= 0.6 is 0 Å². The first kappa shape index (κ1) is 7.71. The van der Waals surface area contributed by atoms with Gasteiger partial charge in [0.1, 0.15) is 12.4 Å². The van der Waals surface area contributed by atoms with E-state index < -0.39 is 0 Å². The predicted octanol–water partition coefficient (Wildman–Crippen LogP) is 0.287. The number of ether oxygens (including phenoxy) is 1. The number of nitrogens with zero attached hydrogens (tertiary/aromatic N) is 3. The lowest BCUT2D eigenvalue weighted by Crippen LogP contribution is -2.24. The highest BCUT2D eigenvalue weighted by molar-refractivity contribution is 6.01. The lowest BCUT2D eigenvalue weighted by molar-refractivity contribution is 0.364. The van der Waals surface area contributed by atoms with Gasteiger partial charge in [0.2, 0.25) is 0 Å². The van der Waals surface area contributed by atoms with Crippen molar-refractivity contribution in [3.63, 3.8) is 0 Å². The molecule has 0 aromatic heterocycles. The fourth-order valence-electron chi connectivity index (χ4n) is 0.645. The molecule has 1 heterocycles. The van der Waals surface area contributed by atoms with Crippen molar-refractivity contribution in [2.75, 3.05) is 13.7 Å². The normalized spacial score (nSPS) is 21.8. The van der Waals surface area contributed by atoms with Crippen molar-refractivity contribution in [2.45, 2.75) is 6.92 Å². The van der Waals surface area contributed by atoms with E-state index in [2.05, 4.69) is 10.2 Å². The van der Waals surface area contributed by atoms with Crippen molar-refractivity contribution >= 4 is 18.1 Å². The molecule has 0 spiro atoms. The zero-order valence-electron chi connectivity index (χ0n) is 6.53. The van der Waals surface area contributed by atoms with Crippen LogP contribution in [0.4, 0.5) is 0 Å². The zero-order valence-corrected chi connectivity index (χ0v) is 6.53. The molecule has 0 aliphatic carbocycles. The standard InChI is InChI=1S/C6H10N4O/c1-3-8-9-6-10(2)5(7)4-11-6/h3,7H,4H2,1-2H3/b7-5?,8-3+,9-6-. The van der Waals surface area contributed by atoms with Crippen molar-refractivity contribution < 1.29 is 4.74 Å². The summed E-state index contributed by atoms with van der Waals surface area (Å²) in [6.07, 6.45) is 1.56. The minimum Gasteiger partial charge on any atom is -0.455 e. The fourth-order valence-corrected chi connectivity index (χ4v) is 0.645. The molecule has 1 rings (SSSR count). The second-order valence-corrected chi connectivity index (χ2v) is 2.05. The van der Waals surface area contributed by atoms with E-state index in [-0.39, 0.29) is 6.61 Å². The quantitative estimate of drug-likeness (QED) is 0.435. The van der Waals surface area contributed by atoms with Gasteiger partial charge in [-0.15, -0.1) is 0 Å². The van der Waals surface area contributed by atoms with E-state index >= 15 is 0 Å². The van der Waals surface area contributed by atoms with Crippen molar-refractivity contribution in [2.24, 2.45) is 10.2 Å². The minimum absolute atomic E-state index is 0.286. The van der Waals surface area contributed by atoms with E-state index in [4.69, 9.17) is 10.1 Å². The topological polar surface area (TPSA) is 61.0 Å². The Balaban J connectivity index is 2.68. The van der Waals surface area contributed by atoms with Crippen LogP contribution in [0.15, 0.2) is 10.2 Å². The Hall–Kier alpha value is -1.39. The van der Waals surface area contributed by atoms with E-state index in [0.717, 1.165) is 0 Å². The molecule has 1 aliphatic heterocycles. The Morgan fingerprint density at radius 2 is 2.45 bits per heavy atom. The summed E-state index contributed by atoms with van der Waals surface area (Å²) >= 11 is 0. The summed E-state index contributed by atoms with van der Waals surface area (Å²) in [5.41, 5.74) is 0. The SMILES string of the molecule is C/C=N/N=C1\OCC(=N)N1C. The first-order valence-electron chi connectivity index (χ1n) is 3.25. The maximum absolute atomic E-state index is 7.29. The maximum Gasteiger partial charge on any atom is 0.317 e. The van der Waals surface area contributed by atoms with E-state index in [9.17, 15) is 0 Å². The molecule has 5 heteroatoms. The third-order valence-electron chi connectivity index (χ3n) is 1.29. The Morgan fingerprint density at radius 1 is 1.73 bits per heavy atom. The molecule has 1 saturated heterocycles. The average Bonchev–Trinajstić information content (AvgIpc) is 2.31. The van der Waals surface area contributed by atoms with E-state index in [1.165, 1.54) is 0 Å². The van der Waals surface area contributed by atoms with Crippen LogP contribution in [0.5, 0.6) is 0 Å². The van der Waals surface area contributed by atoms with Crippen molar-refractivity contribution in [1.29, 1.82) is 5.41 Å². The zero-order chi connectivity index (χ0) is 8.27. The number of amidine groups is 2. The van der Waals surface area contributed by atoms with Crippen LogP contribution in [-0.2, 0) is 4.74 Å². The molecule has 1 N–H and O–H groups in total. The molecule has 0 aromatic rings. The fraction of sp³-hybridized carbons (Fsp3) is 0.500. The number of nitrogens with one attached hydrogen (secondary N) is 1. The van der Waals surface area contributed by atoms with Crippen molar-refractivity contribution in [3.8, 4) is 0 Å². The van der Waals surface area contributed by atoms with Gasteiger partial charge in [-0.25, -0.2) is 0 Å². The molecule has 5 nitrogen and oxygen atoms in total. The van der Waals surface area contributed by atoms with E-state index in [1.54, 1.807) is 25.1 Å². The Morgan fingerprint density at radius 3 is 2.91 bits per heavy atom. The van der Waals surface area contributed by atoms with Crippen LogP contribution in [0.2, 0.25) is 0 Å². The summed E-state index contributed by atoms with van der Waals surface area (Å²) in [4.78, 5) is 1.55. The van der Waals surface area contributed by atoms with Crippen LogP contribution in [0.25, 0.3) is 0 Å². The maximum atomic E-state index is 7.29. The first-order chi connectivity index (χ1) is 5.25. The van der Waals surface area contributed by atoms with Crippen molar-refractivity contribution in [1.82, 2.24) is 4.90 Å². The molecule has 0 amide bonds. The Labute approximate surface area is 64.9 Å². The van der Waals surface area contributed by atoms with Crippen LogP contribution in [0, 0.1) is 5.41 Å². The molecule has 0 bridgehead atoms. The van der Waals surface area contributed by atoms with Gasteiger partial charge in [-0.1, -0.05) is 5.10 Å². The molecule has 60 valence electrons. The molecule has 0 aromatic carbocycles. The highest BCUT2D eigenvalue weighted by Gasteiger charge is 2.21. The lowest BCUT2D eigenvalue weighted by atomic mass is 10.6. The molecule has 0 unspecified atom stereocenters. The molecule has 11 heavy (non-hydrogen) atoms. The number of rotatable bonds is 1. The highest BCUT2D eigenvalue weighted by atomic mass is 16.5. The van der Waals surface area contributed by atoms with Gasteiger partial charge in [0.25, 0.3) is 0 Å². The first-order valence-corrected chi connectivity index (χ1v) is 3.25. The van der Waals surface area contributed by atoms with Crippen LogP contribution in [0.1, 0.15) is 6.92 Å². The lowest BCUT2D eigenvalue weighted by Gasteiger charge is -2.04. The smallest absolute Gasteiger partial charge is 0.317 e. The molecule has 0 radical (unpaired) electrons. The molecule has 1 aliphatic rings. The number of hydrogen-bond acceptors (Lipinski definition) is 4. The van der Waals surface area contributed by atoms with E-state index in [0.29, 0.717) is 11.9 Å². The summed E-state index contributed by atoms with van der Waals surface area (Å²) in [5.74, 6) is 0.398. The van der Waals surface area contributed by atoms with Crippen molar-refractivity contribution in [3.05, 3.63) is 0 Å². The van der Waals surface area contributed by atoms with Crippen LogP contribution in [-0.4, -0.2) is 36.6 Å². The second kappa shape index (κ2) is 3.14. The van der Waals surface area contributed by atoms with Crippen LogP contribution in [0.3, 0.4) is 0 Å². The Bertz CT molecular complexity index is 221. The summed E-state index contributed by atoms with van der Waals surface area (Å²) < 4.78 is 5.02. The summed E-state index contributed by atoms with van der Waals surface area (Å²) in [6.45, 7) is 2.05. The van der Waals surface area contributed by atoms with Gasteiger partial charge in [-0.2, -0.15) is 5.10 Å². The van der Waals surface area contributed by atoms with E-state index in [1.807, 2.05) is 0 Å². The van der Waals surface area contributed by atoms with Gasteiger partial charge in [0, 0.05) is 13.3 Å². The van der Waals surface area contributed by atoms with Gasteiger partial charge < -0.3 is 4.74 Å². The minimum atomic E-state index is 0.286. The third-order valence-corrected chi connectivity index (χ3v) is 1.29. The largest absolute Gasteiger partial charge is 0.455 e. The average molecular weight is 154 g/mol. The summed E-state index contributed by atoms with van der Waals surface area (Å²) in [5, 5.41) is 14.6. The van der Waals surface area contributed by atoms with Gasteiger partial charge in [-0.05, 0) is 6.92 Å². The molecule has 1 fully saturated rings. The summed E-state index contributed by atoms with van der Waals surface area (Å²) in [7, 11) is 1.72. The highest BCUT2D eigenvalue weighted by Crippen LogP contribution is 2.02. The third kappa shape index (κ3) is 1.54. The van der Waals surface area contributed by atoms with Gasteiger partial charge in [-0.3, -0.25) is 10.3 Å². The van der Waals surface area contributed by atoms with Gasteiger partial charge in [0.05, 0.1) is 0 Å². The predicted molar refractivity (Wildman–Crippen MR) is 43.0 cm³/mol.